The number of carbonyl (C=O) groups is 1. The topological polar surface area (TPSA) is 87.5 Å². The van der Waals surface area contributed by atoms with Crippen LogP contribution in [-0.2, 0) is 11.3 Å². The average molecular weight is 345 g/mol. The molecule has 0 radical (unpaired) electrons. The Kier molecular flexibility index (Phi) is 4.85. The number of rotatable bonds is 2. The molecule has 0 unspecified atom stereocenters. The highest BCUT2D eigenvalue weighted by Crippen LogP contribution is 2.22. The lowest BCUT2D eigenvalue weighted by Gasteiger charge is -2.27. The Labute approximate surface area is 148 Å². The van der Waals surface area contributed by atoms with Gasteiger partial charge < -0.3 is 25.3 Å². The standard InChI is InChI=1S/C18H27N5O2/c1-18(2,3)25-17(24)23-8-4-7-22(9-10-23)13-5-6-14-15(11-13)21-16(12-19)20-14/h5-6,11H,4,7-10,12,19H2,1-3H3,(H,20,21). The van der Waals surface area contributed by atoms with Crippen LogP contribution in [0, 0.1) is 0 Å². The molecule has 0 saturated carbocycles. The Morgan fingerprint density at radius 2 is 2.08 bits per heavy atom. The van der Waals surface area contributed by atoms with E-state index in [2.05, 4.69) is 27.0 Å². The van der Waals surface area contributed by atoms with Gasteiger partial charge in [0.1, 0.15) is 11.4 Å². The molecule has 1 saturated heterocycles. The summed E-state index contributed by atoms with van der Waals surface area (Å²) < 4.78 is 5.49. The molecule has 2 heterocycles. The van der Waals surface area contributed by atoms with Gasteiger partial charge in [-0.25, -0.2) is 9.78 Å². The van der Waals surface area contributed by atoms with Crippen molar-refractivity contribution in [1.82, 2.24) is 14.9 Å². The maximum absolute atomic E-state index is 12.3. The van der Waals surface area contributed by atoms with Crippen LogP contribution in [0.1, 0.15) is 33.0 Å². The van der Waals surface area contributed by atoms with Crippen LogP contribution in [-0.4, -0.2) is 52.7 Å². The van der Waals surface area contributed by atoms with Crippen molar-refractivity contribution in [2.45, 2.75) is 39.3 Å². The zero-order valence-corrected chi connectivity index (χ0v) is 15.2. The van der Waals surface area contributed by atoms with E-state index in [1.807, 2.05) is 26.8 Å². The number of fused-ring (bicyclic) bond motifs is 1. The molecule has 3 rings (SSSR count). The molecule has 1 fully saturated rings. The van der Waals surface area contributed by atoms with Crippen LogP contribution < -0.4 is 10.6 Å². The van der Waals surface area contributed by atoms with Crippen LogP contribution in [0.5, 0.6) is 0 Å². The summed E-state index contributed by atoms with van der Waals surface area (Å²) in [6, 6.07) is 6.19. The van der Waals surface area contributed by atoms with Gasteiger partial charge in [-0.2, -0.15) is 0 Å². The highest BCUT2D eigenvalue weighted by Gasteiger charge is 2.24. The minimum absolute atomic E-state index is 0.231. The second-order valence-electron chi connectivity index (χ2n) is 7.40. The van der Waals surface area contributed by atoms with Gasteiger partial charge in [-0.1, -0.05) is 0 Å². The molecule has 1 aliphatic rings. The number of imidazole rings is 1. The smallest absolute Gasteiger partial charge is 0.410 e. The Bertz CT molecular complexity index is 749. The Balaban J connectivity index is 1.69. The quantitative estimate of drug-likeness (QED) is 0.873. The molecule has 2 aromatic rings. The number of hydrogen-bond donors (Lipinski definition) is 2. The van der Waals surface area contributed by atoms with Crippen molar-refractivity contribution in [3.63, 3.8) is 0 Å². The first-order chi connectivity index (χ1) is 11.9. The molecule has 7 heteroatoms. The van der Waals surface area contributed by atoms with Crippen molar-refractivity contribution in [2.24, 2.45) is 5.73 Å². The van der Waals surface area contributed by atoms with E-state index in [9.17, 15) is 4.79 Å². The number of amides is 1. The summed E-state index contributed by atoms with van der Waals surface area (Å²) in [6.07, 6.45) is 0.680. The molecule has 0 spiro atoms. The van der Waals surface area contributed by atoms with Gasteiger partial charge in [0.05, 0.1) is 17.6 Å². The number of nitrogens with zero attached hydrogens (tertiary/aromatic N) is 3. The number of hydrogen-bond acceptors (Lipinski definition) is 5. The van der Waals surface area contributed by atoms with Crippen LogP contribution in [0.4, 0.5) is 10.5 Å². The van der Waals surface area contributed by atoms with E-state index in [1.165, 1.54) is 0 Å². The number of anilines is 1. The van der Waals surface area contributed by atoms with Crippen molar-refractivity contribution in [3.05, 3.63) is 24.0 Å². The molecule has 25 heavy (non-hydrogen) atoms. The number of H-pyrrole nitrogens is 1. The average Bonchev–Trinajstić information content (AvgIpc) is 2.79. The van der Waals surface area contributed by atoms with E-state index in [1.54, 1.807) is 4.90 Å². The summed E-state index contributed by atoms with van der Waals surface area (Å²) in [5, 5.41) is 0. The first-order valence-electron chi connectivity index (χ1n) is 8.77. The molecule has 0 atom stereocenters. The predicted molar refractivity (Wildman–Crippen MR) is 98.6 cm³/mol. The monoisotopic (exact) mass is 345 g/mol. The van der Waals surface area contributed by atoms with Gasteiger partial charge in [0.25, 0.3) is 0 Å². The Hall–Kier alpha value is -2.28. The Morgan fingerprint density at radius 3 is 2.80 bits per heavy atom. The maximum Gasteiger partial charge on any atom is 0.410 e. The van der Waals surface area contributed by atoms with Crippen LogP contribution in [0.2, 0.25) is 0 Å². The Morgan fingerprint density at radius 1 is 1.28 bits per heavy atom. The number of aromatic nitrogens is 2. The number of nitrogens with one attached hydrogen (secondary N) is 1. The molecule has 136 valence electrons. The molecule has 7 nitrogen and oxygen atoms in total. The van der Waals surface area contributed by atoms with Gasteiger partial charge in [0, 0.05) is 31.9 Å². The minimum Gasteiger partial charge on any atom is -0.444 e. The number of aromatic amines is 1. The van der Waals surface area contributed by atoms with E-state index >= 15 is 0 Å². The number of nitrogens with two attached hydrogens (primary N) is 1. The summed E-state index contributed by atoms with van der Waals surface area (Å²) >= 11 is 0. The zero-order valence-electron chi connectivity index (χ0n) is 15.2. The fourth-order valence-electron chi connectivity index (χ4n) is 3.03. The number of ether oxygens (including phenoxy) is 1. The second-order valence-corrected chi connectivity index (χ2v) is 7.40. The van der Waals surface area contributed by atoms with Crippen molar-refractivity contribution < 1.29 is 9.53 Å². The molecule has 1 amide bonds. The van der Waals surface area contributed by atoms with E-state index in [0.717, 1.165) is 48.6 Å². The maximum atomic E-state index is 12.3. The van der Waals surface area contributed by atoms with Gasteiger partial charge in [0.15, 0.2) is 0 Å². The zero-order chi connectivity index (χ0) is 18.0. The predicted octanol–water partition coefficient (Wildman–Crippen LogP) is 2.47. The molecule has 1 aromatic carbocycles. The lowest BCUT2D eigenvalue weighted by molar-refractivity contribution is 0.0263. The van der Waals surface area contributed by atoms with E-state index in [0.29, 0.717) is 13.1 Å². The third kappa shape index (κ3) is 4.22. The molecular weight excluding hydrogens is 318 g/mol. The summed E-state index contributed by atoms with van der Waals surface area (Å²) in [6.45, 7) is 9.14. The highest BCUT2D eigenvalue weighted by molar-refractivity contribution is 5.79. The van der Waals surface area contributed by atoms with E-state index in [-0.39, 0.29) is 6.09 Å². The number of benzene rings is 1. The first kappa shape index (κ1) is 17.5. The molecular formula is C18H27N5O2. The van der Waals surface area contributed by atoms with Crippen molar-refractivity contribution in [3.8, 4) is 0 Å². The lowest BCUT2D eigenvalue weighted by atomic mass is 10.2. The second kappa shape index (κ2) is 6.92. The SMILES string of the molecule is CC(C)(C)OC(=O)N1CCCN(c2ccc3nc(CN)[nH]c3c2)CC1. The van der Waals surface area contributed by atoms with Gasteiger partial charge in [0.2, 0.25) is 0 Å². The molecule has 1 aliphatic heterocycles. The van der Waals surface area contributed by atoms with Crippen LogP contribution in [0.25, 0.3) is 11.0 Å². The summed E-state index contributed by atoms with van der Waals surface area (Å²) in [5.74, 6) is 0.791. The van der Waals surface area contributed by atoms with Crippen LogP contribution >= 0.6 is 0 Å². The summed E-state index contributed by atoms with van der Waals surface area (Å²) in [5.41, 5.74) is 8.23. The van der Waals surface area contributed by atoms with Crippen molar-refractivity contribution in [2.75, 3.05) is 31.1 Å². The van der Waals surface area contributed by atoms with Crippen LogP contribution in [0.3, 0.4) is 0 Å². The number of carbonyl (C=O) groups excluding carboxylic acids is 1. The van der Waals surface area contributed by atoms with E-state index < -0.39 is 5.60 Å². The van der Waals surface area contributed by atoms with Gasteiger partial charge in [-0.3, -0.25) is 0 Å². The van der Waals surface area contributed by atoms with Crippen LogP contribution in [0.15, 0.2) is 18.2 Å². The molecule has 3 N–H and O–H groups in total. The van der Waals surface area contributed by atoms with Gasteiger partial charge >= 0.3 is 6.09 Å². The molecule has 1 aromatic heterocycles. The summed E-state index contributed by atoms with van der Waals surface area (Å²) in [7, 11) is 0. The van der Waals surface area contributed by atoms with Gasteiger partial charge in [-0.05, 0) is 45.4 Å². The van der Waals surface area contributed by atoms with Gasteiger partial charge in [-0.15, -0.1) is 0 Å². The van der Waals surface area contributed by atoms with E-state index in [4.69, 9.17) is 10.5 Å². The fourth-order valence-corrected chi connectivity index (χ4v) is 3.03. The third-order valence-electron chi connectivity index (χ3n) is 4.22. The fraction of sp³-hybridized carbons (Fsp3) is 0.556. The normalized spacial score (nSPS) is 16.2. The van der Waals surface area contributed by atoms with Crippen molar-refractivity contribution >= 4 is 22.8 Å². The highest BCUT2D eigenvalue weighted by atomic mass is 16.6. The largest absolute Gasteiger partial charge is 0.444 e. The molecule has 0 bridgehead atoms. The molecule has 0 aliphatic carbocycles. The summed E-state index contributed by atoms with van der Waals surface area (Å²) in [4.78, 5) is 24.1. The minimum atomic E-state index is -0.463. The first-order valence-corrected chi connectivity index (χ1v) is 8.77. The lowest BCUT2D eigenvalue weighted by Crippen LogP contribution is -2.39. The third-order valence-corrected chi connectivity index (χ3v) is 4.22. The van der Waals surface area contributed by atoms with Crippen molar-refractivity contribution in [1.29, 1.82) is 0 Å².